The summed E-state index contributed by atoms with van der Waals surface area (Å²) < 4.78 is 0. The summed E-state index contributed by atoms with van der Waals surface area (Å²) >= 11 is 0. The number of rotatable bonds is 4. The minimum Gasteiger partial charge on any atom is -0.368 e. The molecule has 16 heavy (non-hydrogen) atoms. The van der Waals surface area contributed by atoms with Crippen molar-refractivity contribution >= 4 is 11.8 Å². The molecule has 0 spiro atoms. The van der Waals surface area contributed by atoms with Crippen molar-refractivity contribution in [2.24, 2.45) is 0 Å². The van der Waals surface area contributed by atoms with E-state index < -0.39 is 0 Å². The predicted molar refractivity (Wildman–Crippen MR) is 63.9 cm³/mol. The van der Waals surface area contributed by atoms with E-state index in [-0.39, 0.29) is 12.0 Å². The highest BCUT2D eigenvalue weighted by Gasteiger charge is 2.12. The highest BCUT2D eigenvalue weighted by Crippen LogP contribution is 2.16. The van der Waals surface area contributed by atoms with Gasteiger partial charge in [0.15, 0.2) is 0 Å². The van der Waals surface area contributed by atoms with Crippen LogP contribution in [0.4, 0.5) is 11.8 Å². The van der Waals surface area contributed by atoms with Crippen molar-refractivity contribution in [1.29, 1.82) is 5.26 Å². The van der Waals surface area contributed by atoms with Crippen LogP contribution in [0.3, 0.4) is 0 Å². The summed E-state index contributed by atoms with van der Waals surface area (Å²) in [4.78, 5) is 10.3. The predicted octanol–water partition coefficient (Wildman–Crippen LogP) is 1.50. The maximum absolute atomic E-state index is 8.62. The molecule has 0 aromatic carbocycles. The van der Waals surface area contributed by atoms with Gasteiger partial charge in [-0.25, -0.2) is 4.98 Å². The number of hydrogen-bond donors (Lipinski definition) is 1. The maximum atomic E-state index is 8.62. The monoisotopic (exact) mass is 219 g/mol. The van der Waals surface area contributed by atoms with Crippen LogP contribution < -0.4 is 10.6 Å². The van der Waals surface area contributed by atoms with Crippen molar-refractivity contribution in [3.8, 4) is 6.07 Å². The van der Waals surface area contributed by atoms with Gasteiger partial charge in [-0.2, -0.15) is 10.2 Å². The van der Waals surface area contributed by atoms with Gasteiger partial charge in [0, 0.05) is 24.3 Å². The Morgan fingerprint density at radius 3 is 2.69 bits per heavy atom. The summed E-state index contributed by atoms with van der Waals surface area (Å²) in [5.41, 5.74) is 6.45. The van der Waals surface area contributed by atoms with Crippen LogP contribution >= 0.6 is 0 Å². The number of nitrogens with two attached hydrogens (primary N) is 1. The van der Waals surface area contributed by atoms with E-state index in [1.54, 1.807) is 0 Å². The zero-order valence-electron chi connectivity index (χ0n) is 9.94. The lowest BCUT2D eigenvalue weighted by Crippen LogP contribution is -2.32. The van der Waals surface area contributed by atoms with E-state index in [1.807, 2.05) is 17.9 Å². The van der Waals surface area contributed by atoms with E-state index in [1.165, 1.54) is 0 Å². The Hall–Kier alpha value is -1.83. The second-order valence-electron chi connectivity index (χ2n) is 3.92. The van der Waals surface area contributed by atoms with Gasteiger partial charge in [0.2, 0.25) is 5.95 Å². The first-order chi connectivity index (χ1) is 7.54. The average Bonchev–Trinajstić information content (AvgIpc) is 2.16. The molecule has 0 fully saturated rings. The van der Waals surface area contributed by atoms with Gasteiger partial charge in [0.05, 0.1) is 12.5 Å². The summed E-state index contributed by atoms with van der Waals surface area (Å²) in [5.74, 6) is 1.06. The van der Waals surface area contributed by atoms with E-state index in [4.69, 9.17) is 11.0 Å². The van der Waals surface area contributed by atoms with Crippen molar-refractivity contribution in [3.05, 3.63) is 11.8 Å². The number of aromatic nitrogens is 2. The van der Waals surface area contributed by atoms with Gasteiger partial charge < -0.3 is 10.6 Å². The van der Waals surface area contributed by atoms with Gasteiger partial charge in [-0.05, 0) is 20.8 Å². The van der Waals surface area contributed by atoms with Crippen LogP contribution in [-0.4, -0.2) is 22.6 Å². The van der Waals surface area contributed by atoms with Crippen molar-refractivity contribution in [1.82, 2.24) is 9.97 Å². The van der Waals surface area contributed by atoms with E-state index in [0.717, 1.165) is 11.5 Å². The fourth-order valence-corrected chi connectivity index (χ4v) is 1.53. The van der Waals surface area contributed by atoms with Crippen LogP contribution in [0, 0.1) is 18.3 Å². The molecule has 0 saturated heterocycles. The first-order valence-electron chi connectivity index (χ1n) is 5.29. The molecule has 2 N–H and O–H groups in total. The first kappa shape index (κ1) is 12.2. The number of nitrogens with zero attached hydrogens (tertiary/aromatic N) is 4. The highest BCUT2D eigenvalue weighted by molar-refractivity contribution is 5.44. The third-order valence-corrected chi connectivity index (χ3v) is 2.24. The Morgan fingerprint density at radius 1 is 1.50 bits per heavy atom. The minimum atomic E-state index is 0.276. The van der Waals surface area contributed by atoms with Gasteiger partial charge in [0.25, 0.3) is 0 Å². The Labute approximate surface area is 95.9 Å². The molecule has 0 aliphatic heterocycles. The van der Waals surface area contributed by atoms with Crippen LogP contribution in [-0.2, 0) is 0 Å². The lowest BCUT2D eigenvalue weighted by atomic mass is 10.2. The van der Waals surface area contributed by atoms with Gasteiger partial charge >= 0.3 is 0 Å². The first-order valence-corrected chi connectivity index (χ1v) is 5.29. The number of nitrogen functional groups attached to an aromatic ring is 1. The molecule has 1 aromatic rings. The fourth-order valence-electron chi connectivity index (χ4n) is 1.53. The van der Waals surface area contributed by atoms with E-state index in [9.17, 15) is 0 Å². The molecule has 5 nitrogen and oxygen atoms in total. The third kappa shape index (κ3) is 3.09. The van der Waals surface area contributed by atoms with Gasteiger partial charge in [-0.3, -0.25) is 0 Å². The molecular weight excluding hydrogens is 202 g/mol. The number of aryl methyl sites for hydroxylation is 1. The van der Waals surface area contributed by atoms with E-state index in [2.05, 4.69) is 29.9 Å². The quantitative estimate of drug-likeness (QED) is 0.830. The normalized spacial score (nSPS) is 10.2. The molecule has 0 unspecified atom stereocenters. The Balaban J connectivity index is 2.96. The van der Waals surface area contributed by atoms with Crippen LogP contribution in [0.25, 0.3) is 0 Å². The molecule has 5 heteroatoms. The van der Waals surface area contributed by atoms with Gasteiger partial charge in [-0.15, -0.1) is 0 Å². The fraction of sp³-hybridized carbons (Fsp3) is 0.545. The third-order valence-electron chi connectivity index (χ3n) is 2.24. The minimum absolute atomic E-state index is 0.276. The SMILES string of the molecule is Cc1cc(N(CCC#N)C(C)C)nc(N)n1. The topological polar surface area (TPSA) is 78.8 Å². The molecule has 0 radical (unpaired) electrons. The van der Waals surface area contributed by atoms with Crippen LogP contribution in [0.15, 0.2) is 6.07 Å². The van der Waals surface area contributed by atoms with Gasteiger partial charge in [0.1, 0.15) is 5.82 Å². The summed E-state index contributed by atoms with van der Waals surface area (Å²) in [6.45, 7) is 6.66. The van der Waals surface area contributed by atoms with Crippen LogP contribution in [0.2, 0.25) is 0 Å². The van der Waals surface area contributed by atoms with Gasteiger partial charge in [-0.1, -0.05) is 0 Å². The molecule has 0 aliphatic carbocycles. The Kier molecular flexibility index (Phi) is 4.06. The van der Waals surface area contributed by atoms with Crippen molar-refractivity contribution < 1.29 is 0 Å². The maximum Gasteiger partial charge on any atom is 0.222 e. The molecule has 1 rings (SSSR count). The number of hydrogen-bond acceptors (Lipinski definition) is 5. The smallest absolute Gasteiger partial charge is 0.222 e. The molecule has 0 atom stereocenters. The molecule has 0 amide bonds. The highest BCUT2D eigenvalue weighted by atomic mass is 15.2. The largest absolute Gasteiger partial charge is 0.368 e. The molecule has 0 bridgehead atoms. The molecular formula is C11H17N5. The zero-order chi connectivity index (χ0) is 12.1. The van der Waals surface area contributed by atoms with E-state index in [0.29, 0.717) is 13.0 Å². The second kappa shape index (κ2) is 5.31. The molecule has 0 aliphatic rings. The molecule has 86 valence electrons. The number of anilines is 2. The van der Waals surface area contributed by atoms with Crippen molar-refractivity contribution in [3.63, 3.8) is 0 Å². The molecule has 1 aromatic heterocycles. The van der Waals surface area contributed by atoms with E-state index >= 15 is 0 Å². The number of nitriles is 1. The summed E-state index contributed by atoms with van der Waals surface area (Å²) in [5, 5.41) is 8.62. The summed E-state index contributed by atoms with van der Waals surface area (Å²) in [6.07, 6.45) is 0.473. The Bertz CT molecular complexity index is 374. The van der Waals surface area contributed by atoms with Crippen LogP contribution in [0.5, 0.6) is 0 Å². The lowest BCUT2D eigenvalue weighted by Gasteiger charge is -2.27. The standard InChI is InChI=1S/C11H17N5/c1-8(2)16(6-4-5-12)10-7-9(3)14-11(13)15-10/h7-8H,4,6H2,1-3H3,(H2,13,14,15). The summed E-state index contributed by atoms with van der Waals surface area (Å²) in [7, 11) is 0. The zero-order valence-corrected chi connectivity index (χ0v) is 9.94. The van der Waals surface area contributed by atoms with Crippen LogP contribution in [0.1, 0.15) is 26.0 Å². The average molecular weight is 219 g/mol. The van der Waals surface area contributed by atoms with Crippen molar-refractivity contribution in [2.45, 2.75) is 33.2 Å². The summed E-state index contributed by atoms with van der Waals surface area (Å²) in [6, 6.07) is 4.30. The molecule has 1 heterocycles. The lowest BCUT2D eigenvalue weighted by molar-refractivity contribution is 0.676. The Morgan fingerprint density at radius 2 is 2.19 bits per heavy atom. The molecule has 0 saturated carbocycles. The van der Waals surface area contributed by atoms with Crippen molar-refractivity contribution in [2.75, 3.05) is 17.2 Å². The second-order valence-corrected chi connectivity index (χ2v) is 3.92.